The summed E-state index contributed by atoms with van der Waals surface area (Å²) in [6, 6.07) is 14.9. The van der Waals surface area contributed by atoms with Crippen molar-refractivity contribution in [2.24, 2.45) is 0 Å². The van der Waals surface area contributed by atoms with E-state index in [-0.39, 0.29) is 24.5 Å². The van der Waals surface area contributed by atoms with Gasteiger partial charge < -0.3 is 5.32 Å². The van der Waals surface area contributed by atoms with Crippen molar-refractivity contribution in [2.45, 2.75) is 12.8 Å². The van der Waals surface area contributed by atoms with E-state index in [1.807, 2.05) is 53.2 Å². The minimum Gasteiger partial charge on any atom is -0.326 e. The number of hydrogen-bond acceptors (Lipinski definition) is 4. The molecule has 0 saturated heterocycles. The van der Waals surface area contributed by atoms with Crippen LogP contribution in [0.15, 0.2) is 59.3 Å². The van der Waals surface area contributed by atoms with Gasteiger partial charge in [0.05, 0.1) is 9.75 Å². The monoisotopic (exact) mass is 365 g/mol. The Morgan fingerprint density at radius 3 is 2.52 bits per heavy atom. The first kappa shape index (κ1) is 17.2. The Morgan fingerprint density at radius 1 is 0.920 bits per heavy atom. The molecule has 1 amide bonds. The van der Waals surface area contributed by atoms with E-state index in [2.05, 4.69) is 17.2 Å². The predicted molar refractivity (Wildman–Crippen MR) is 103 cm³/mol. The number of carbonyl (C=O) groups is 2. The summed E-state index contributed by atoms with van der Waals surface area (Å²) in [7, 11) is 0. The van der Waals surface area contributed by atoms with Crippen molar-refractivity contribution in [3.8, 4) is 11.8 Å². The summed E-state index contributed by atoms with van der Waals surface area (Å²) < 4.78 is 0. The SMILES string of the molecule is O=C(CCC(=O)c1cccs1)Nc1cccc(C#Cc2cccs2)c1. The number of anilines is 1. The van der Waals surface area contributed by atoms with Gasteiger partial charge in [-0.2, -0.15) is 0 Å². The van der Waals surface area contributed by atoms with Gasteiger partial charge in [-0.15, -0.1) is 22.7 Å². The number of carbonyl (C=O) groups excluding carboxylic acids is 2. The van der Waals surface area contributed by atoms with E-state index in [4.69, 9.17) is 0 Å². The van der Waals surface area contributed by atoms with Crippen LogP contribution in [-0.4, -0.2) is 11.7 Å². The van der Waals surface area contributed by atoms with Crippen LogP contribution < -0.4 is 5.32 Å². The molecular weight excluding hydrogens is 350 g/mol. The first-order valence-electron chi connectivity index (χ1n) is 7.73. The molecule has 0 saturated carbocycles. The third kappa shape index (κ3) is 5.15. The van der Waals surface area contributed by atoms with Gasteiger partial charge in [0.25, 0.3) is 0 Å². The highest BCUT2D eigenvalue weighted by molar-refractivity contribution is 7.12. The first-order valence-corrected chi connectivity index (χ1v) is 9.49. The molecule has 124 valence electrons. The zero-order valence-corrected chi connectivity index (χ0v) is 15.0. The Bertz CT molecular complexity index is 916. The number of amides is 1. The molecule has 5 heteroatoms. The summed E-state index contributed by atoms with van der Waals surface area (Å²) in [6.07, 6.45) is 0.381. The molecule has 0 aliphatic heterocycles. The maximum absolute atomic E-state index is 12.0. The summed E-state index contributed by atoms with van der Waals surface area (Å²) >= 11 is 2.99. The van der Waals surface area contributed by atoms with Gasteiger partial charge in [-0.3, -0.25) is 9.59 Å². The molecule has 2 aromatic heterocycles. The molecule has 1 N–H and O–H groups in total. The molecule has 0 atom stereocenters. The summed E-state index contributed by atoms with van der Waals surface area (Å²) in [6.45, 7) is 0. The van der Waals surface area contributed by atoms with Crippen molar-refractivity contribution in [1.82, 2.24) is 0 Å². The molecule has 3 rings (SSSR count). The number of ketones is 1. The smallest absolute Gasteiger partial charge is 0.224 e. The maximum Gasteiger partial charge on any atom is 0.224 e. The molecular formula is C20H15NO2S2. The van der Waals surface area contributed by atoms with Crippen LogP contribution in [0.25, 0.3) is 0 Å². The van der Waals surface area contributed by atoms with Gasteiger partial charge in [-0.05, 0) is 41.1 Å². The van der Waals surface area contributed by atoms with E-state index < -0.39 is 0 Å². The number of nitrogens with one attached hydrogen (secondary N) is 1. The minimum absolute atomic E-state index is 0.000662. The van der Waals surface area contributed by atoms with E-state index in [1.54, 1.807) is 17.4 Å². The van der Waals surface area contributed by atoms with E-state index in [1.165, 1.54) is 11.3 Å². The fourth-order valence-corrected chi connectivity index (χ4v) is 3.43. The average Bonchev–Trinajstić information content (AvgIpc) is 3.31. The molecule has 3 nitrogen and oxygen atoms in total. The molecule has 1 aromatic carbocycles. The molecule has 0 aliphatic carbocycles. The quantitative estimate of drug-likeness (QED) is 0.521. The third-order valence-corrected chi connectivity index (χ3v) is 5.07. The van der Waals surface area contributed by atoms with E-state index in [9.17, 15) is 9.59 Å². The molecule has 0 fully saturated rings. The molecule has 0 bridgehead atoms. The van der Waals surface area contributed by atoms with E-state index in [0.29, 0.717) is 10.6 Å². The molecule has 0 spiro atoms. The van der Waals surface area contributed by atoms with Crippen LogP contribution in [0.2, 0.25) is 0 Å². The van der Waals surface area contributed by atoms with Crippen LogP contribution in [0.4, 0.5) is 5.69 Å². The lowest BCUT2D eigenvalue weighted by Crippen LogP contribution is -2.13. The fraction of sp³-hybridized carbons (Fsp3) is 0.100. The van der Waals surface area contributed by atoms with Crippen molar-refractivity contribution in [3.05, 3.63) is 74.6 Å². The standard InChI is InChI=1S/C20H15NO2S2/c22-18(19-7-3-13-25-19)10-11-20(23)21-16-5-1-4-15(14-16)8-9-17-6-2-12-24-17/h1-7,12-14H,10-11H2,(H,21,23). The molecule has 0 aliphatic rings. The van der Waals surface area contributed by atoms with Crippen molar-refractivity contribution in [2.75, 3.05) is 5.32 Å². The van der Waals surface area contributed by atoms with Crippen LogP contribution in [0.5, 0.6) is 0 Å². The van der Waals surface area contributed by atoms with Crippen molar-refractivity contribution < 1.29 is 9.59 Å². The number of rotatable bonds is 5. The minimum atomic E-state index is -0.173. The predicted octanol–water partition coefficient (Wildman–Crippen LogP) is 4.81. The van der Waals surface area contributed by atoms with Gasteiger partial charge in [-0.25, -0.2) is 0 Å². The molecule has 0 radical (unpaired) electrons. The van der Waals surface area contributed by atoms with Gasteiger partial charge in [0, 0.05) is 24.1 Å². The molecule has 25 heavy (non-hydrogen) atoms. The third-order valence-electron chi connectivity index (χ3n) is 3.37. The van der Waals surface area contributed by atoms with Crippen molar-refractivity contribution in [1.29, 1.82) is 0 Å². The number of hydrogen-bond donors (Lipinski definition) is 1. The van der Waals surface area contributed by atoms with E-state index >= 15 is 0 Å². The fourth-order valence-electron chi connectivity index (χ4n) is 2.17. The van der Waals surface area contributed by atoms with Crippen LogP contribution in [0, 0.1) is 11.8 Å². The maximum atomic E-state index is 12.0. The van der Waals surface area contributed by atoms with E-state index in [0.717, 1.165) is 10.4 Å². The Labute approximate surface area is 154 Å². The highest BCUT2D eigenvalue weighted by Gasteiger charge is 2.10. The lowest BCUT2D eigenvalue weighted by atomic mass is 10.1. The second-order valence-electron chi connectivity index (χ2n) is 5.26. The summed E-state index contributed by atoms with van der Waals surface area (Å²) in [5.74, 6) is 6.00. The van der Waals surface area contributed by atoms with Gasteiger partial charge in [0.15, 0.2) is 5.78 Å². The first-order chi connectivity index (χ1) is 12.2. The molecule has 2 heterocycles. The Balaban J connectivity index is 1.56. The number of benzene rings is 1. The van der Waals surface area contributed by atoms with Crippen LogP contribution in [0.1, 0.15) is 33.0 Å². The zero-order chi connectivity index (χ0) is 17.5. The Hall–Kier alpha value is -2.68. The summed E-state index contributed by atoms with van der Waals surface area (Å²) in [4.78, 5) is 25.7. The Morgan fingerprint density at radius 2 is 1.76 bits per heavy atom. The van der Waals surface area contributed by atoms with Gasteiger partial charge in [-0.1, -0.05) is 30.0 Å². The van der Waals surface area contributed by atoms with Crippen LogP contribution >= 0.6 is 22.7 Å². The van der Waals surface area contributed by atoms with Crippen LogP contribution in [0.3, 0.4) is 0 Å². The largest absolute Gasteiger partial charge is 0.326 e. The van der Waals surface area contributed by atoms with Gasteiger partial charge >= 0.3 is 0 Å². The highest BCUT2D eigenvalue weighted by atomic mass is 32.1. The lowest BCUT2D eigenvalue weighted by molar-refractivity contribution is -0.116. The van der Waals surface area contributed by atoms with Crippen LogP contribution in [-0.2, 0) is 4.79 Å². The topological polar surface area (TPSA) is 46.2 Å². The summed E-state index contributed by atoms with van der Waals surface area (Å²) in [5, 5.41) is 6.66. The van der Waals surface area contributed by atoms with Crippen molar-refractivity contribution >= 4 is 40.1 Å². The molecule has 0 unspecified atom stereocenters. The lowest BCUT2D eigenvalue weighted by Gasteiger charge is -2.05. The molecule has 3 aromatic rings. The zero-order valence-electron chi connectivity index (χ0n) is 13.3. The normalized spacial score (nSPS) is 9.92. The van der Waals surface area contributed by atoms with Gasteiger partial charge in [0.2, 0.25) is 5.91 Å². The second kappa shape index (κ2) is 8.43. The summed E-state index contributed by atoms with van der Waals surface area (Å²) in [5.41, 5.74) is 1.52. The second-order valence-corrected chi connectivity index (χ2v) is 7.15. The average molecular weight is 365 g/mol. The number of thiophene rings is 2. The van der Waals surface area contributed by atoms with Crippen molar-refractivity contribution in [3.63, 3.8) is 0 Å². The van der Waals surface area contributed by atoms with Gasteiger partial charge in [0.1, 0.15) is 0 Å². The number of Topliss-reactive ketones (excluding diaryl/α,β-unsaturated/α-hetero) is 1. The highest BCUT2D eigenvalue weighted by Crippen LogP contribution is 2.14. The Kier molecular flexibility index (Phi) is 5.78.